The fraction of sp³-hybridized carbons (Fsp3) is 0.719. The molecule has 6 N–H and O–H groups in total. The number of nitrogens with one attached hydrogen (secondary N) is 3. The number of amides is 7. The molecule has 3 saturated heterocycles. The molecule has 3 fully saturated rings. The number of methoxy groups -OCH3 is 1. The summed E-state index contributed by atoms with van der Waals surface area (Å²) >= 11 is 0. The largest absolute Gasteiger partial charge is 0.497 e. The number of hydrogen-bond acceptors (Lipinski definition) is 16. The molecule has 0 bridgehead atoms. The number of esters is 2. The van der Waals surface area contributed by atoms with Crippen molar-refractivity contribution in [2.24, 2.45) is 29.6 Å². The number of hydrogen-bond donors (Lipinski definition) is 6. The fourth-order valence-corrected chi connectivity index (χ4v) is 10.5. The molecule has 23 heteroatoms. The maximum atomic E-state index is 15.0. The molecule has 0 aliphatic carbocycles. The van der Waals surface area contributed by atoms with Crippen molar-refractivity contribution in [3.8, 4) is 5.75 Å². The van der Waals surface area contributed by atoms with E-state index >= 15 is 4.79 Å². The van der Waals surface area contributed by atoms with Gasteiger partial charge in [0.2, 0.25) is 35.4 Å². The van der Waals surface area contributed by atoms with Crippen LogP contribution in [0.1, 0.15) is 127 Å². The predicted molar refractivity (Wildman–Crippen MR) is 292 cm³/mol. The summed E-state index contributed by atoms with van der Waals surface area (Å²) in [4.78, 5) is 148. The number of aliphatic hydroxyl groups excluding tert-OH is 3. The summed E-state index contributed by atoms with van der Waals surface area (Å²) in [5.74, 6) is -10.9. The average molecular weight is 1130 g/mol. The van der Waals surface area contributed by atoms with Gasteiger partial charge in [-0.1, -0.05) is 73.9 Å². The monoisotopic (exact) mass is 1130 g/mol. The van der Waals surface area contributed by atoms with Crippen LogP contribution >= 0.6 is 0 Å². The minimum Gasteiger partial charge on any atom is -0.497 e. The summed E-state index contributed by atoms with van der Waals surface area (Å²) < 4.78 is 17.2. The quantitative estimate of drug-likeness (QED) is 0.107. The Balaban J connectivity index is 1.89. The first-order valence-electron chi connectivity index (χ1n) is 28.1. The topological polar surface area (TPSA) is 308 Å². The van der Waals surface area contributed by atoms with E-state index in [-0.39, 0.29) is 57.0 Å². The first-order valence-corrected chi connectivity index (χ1v) is 28.1. The molecule has 3 heterocycles. The molecule has 0 aromatic heterocycles. The second kappa shape index (κ2) is 29.5. The molecule has 0 unspecified atom stereocenters. The number of Topliss-reactive ketones (excluding diaryl/α,β-unsaturated/α-hetero) is 1. The standard InChI is InChI=1S/C57H89N7O16/c1-15-32(8)46-44(67)27-45(68)80-49(31(6)7)48(69)33(9)50(70)58-39(23-29(2)3)54(74)63-22-16-17-40(63)55(75)62(13)43(25-36-18-20-38(78-14)21-19-36)57(77)79-35(11)47(52(72)59-46)60-51(71)41(24-30(4)5)61(12)56(76)42-26-37(66)28-64(42)53(73)34(10)65/h18-21,29-35,37,39-44,46-47,49,65-67H,15-17,22-28H2,1-14H3,(H,58,70)(H,59,72)(H,60,71)/t32-,33-,34-,35+,37+,39-,40-,41+,42-,43-,44-,46+,47+,49-/m0/s1. The Kier molecular flexibility index (Phi) is 24.4. The zero-order valence-corrected chi connectivity index (χ0v) is 49.1. The summed E-state index contributed by atoms with van der Waals surface area (Å²) in [5.41, 5.74) is 0.555. The van der Waals surface area contributed by atoms with Crippen molar-refractivity contribution in [2.75, 3.05) is 34.3 Å². The Morgan fingerprint density at radius 1 is 0.887 bits per heavy atom. The lowest BCUT2D eigenvalue weighted by Gasteiger charge is -2.36. The van der Waals surface area contributed by atoms with Crippen molar-refractivity contribution in [1.29, 1.82) is 0 Å². The van der Waals surface area contributed by atoms with Gasteiger partial charge in [-0.2, -0.15) is 0 Å². The summed E-state index contributed by atoms with van der Waals surface area (Å²) in [5, 5.41) is 40.8. The first-order chi connectivity index (χ1) is 37.4. The van der Waals surface area contributed by atoms with Gasteiger partial charge >= 0.3 is 11.9 Å². The molecule has 1 aromatic rings. The second-order valence-corrected chi connectivity index (χ2v) is 23.2. The number of rotatable bonds is 15. The van der Waals surface area contributed by atoms with Gasteiger partial charge in [-0.05, 0) is 87.8 Å². The van der Waals surface area contributed by atoms with Gasteiger partial charge in [-0.25, -0.2) is 4.79 Å². The molecule has 0 radical (unpaired) electrons. The number of fused-ring (bicyclic) bond motifs is 1. The third-order valence-electron chi connectivity index (χ3n) is 15.5. The van der Waals surface area contributed by atoms with Crippen molar-refractivity contribution >= 4 is 59.1 Å². The van der Waals surface area contributed by atoms with E-state index in [0.29, 0.717) is 24.2 Å². The van der Waals surface area contributed by atoms with Crippen molar-refractivity contribution < 1.29 is 77.5 Å². The van der Waals surface area contributed by atoms with Crippen LogP contribution in [0.25, 0.3) is 0 Å². The SMILES string of the molecule is CC[C@H](C)[C@H]1NC(=O)[C@H](NC(=O)[C@@H](CC(C)C)N(C)C(=O)[C@@H]2C[C@@H](O)CN2C(=O)[C@H](C)O)[C@@H](C)OC(=O)[C@H](Cc2ccc(OC)cc2)N(C)C(=O)[C@@H]2CCCN2C(=O)[C@H](CC(C)C)NC(=O)[C@@H](C)C(=O)[C@H](C(C)C)OC(=O)C[C@@H]1O. The zero-order valence-electron chi connectivity index (χ0n) is 49.1. The van der Waals surface area contributed by atoms with Crippen LogP contribution in [0.4, 0.5) is 0 Å². The molecule has 14 atom stereocenters. The number of carbonyl (C=O) groups is 10. The molecule has 448 valence electrons. The van der Waals surface area contributed by atoms with Crippen molar-refractivity contribution in [1.82, 2.24) is 35.6 Å². The molecule has 1 aromatic carbocycles. The number of ether oxygens (including phenoxy) is 3. The van der Waals surface area contributed by atoms with Crippen molar-refractivity contribution in [3.05, 3.63) is 29.8 Å². The smallest absolute Gasteiger partial charge is 0.329 e. The normalized spacial score (nSPS) is 28.4. The van der Waals surface area contributed by atoms with E-state index in [1.807, 2.05) is 13.8 Å². The van der Waals surface area contributed by atoms with Crippen LogP contribution in [0.2, 0.25) is 0 Å². The Bertz CT molecular complexity index is 2360. The lowest BCUT2D eigenvalue weighted by atomic mass is 9.91. The van der Waals surface area contributed by atoms with E-state index in [2.05, 4.69) is 16.0 Å². The number of likely N-dealkylation sites (tertiary alicyclic amines) is 1. The Morgan fingerprint density at radius 3 is 2.09 bits per heavy atom. The van der Waals surface area contributed by atoms with Gasteiger partial charge in [0.15, 0.2) is 11.9 Å². The number of cyclic esters (lactones) is 2. The van der Waals surface area contributed by atoms with Gasteiger partial charge in [-0.15, -0.1) is 0 Å². The highest BCUT2D eigenvalue weighted by molar-refractivity contribution is 6.05. The molecular weight excluding hydrogens is 1040 g/mol. The molecule has 23 nitrogen and oxygen atoms in total. The van der Waals surface area contributed by atoms with Gasteiger partial charge in [0.05, 0.1) is 37.7 Å². The summed E-state index contributed by atoms with van der Waals surface area (Å²) in [6, 6.07) is -2.72. The lowest BCUT2D eigenvalue weighted by molar-refractivity contribution is -0.163. The van der Waals surface area contributed by atoms with Crippen LogP contribution in [0.5, 0.6) is 5.75 Å². The van der Waals surface area contributed by atoms with E-state index in [1.165, 1.54) is 51.8 Å². The summed E-state index contributed by atoms with van der Waals surface area (Å²) in [6.45, 7) is 17.7. The average Bonchev–Trinajstić information content (AvgIpc) is 4.07. The minimum absolute atomic E-state index is 0.00510. The molecule has 80 heavy (non-hydrogen) atoms. The van der Waals surface area contributed by atoms with Crippen LogP contribution in [-0.2, 0) is 63.8 Å². The van der Waals surface area contributed by atoms with Crippen molar-refractivity contribution in [3.63, 3.8) is 0 Å². The number of aliphatic hydroxyl groups is 3. The Hall–Kier alpha value is -6.20. The highest BCUT2D eigenvalue weighted by Gasteiger charge is 2.47. The minimum atomic E-state index is -1.81. The molecule has 4 rings (SSSR count). The third-order valence-corrected chi connectivity index (χ3v) is 15.5. The number of carbonyl (C=O) groups excluding carboxylic acids is 10. The van der Waals surface area contributed by atoms with Gasteiger partial charge in [0, 0.05) is 40.0 Å². The van der Waals surface area contributed by atoms with E-state index in [0.717, 1.165) is 9.80 Å². The molecule has 3 aliphatic heterocycles. The highest BCUT2D eigenvalue weighted by Crippen LogP contribution is 2.27. The van der Waals surface area contributed by atoms with Gasteiger partial charge < -0.3 is 65.1 Å². The fourth-order valence-electron chi connectivity index (χ4n) is 10.5. The number of ketones is 1. The summed E-state index contributed by atoms with van der Waals surface area (Å²) in [6.07, 6.45) is -7.39. The number of β-amino-alcohol motifs (C(OH)–C–C–N with tert-alkyl or cyclic N) is 1. The number of benzene rings is 1. The maximum Gasteiger partial charge on any atom is 0.329 e. The summed E-state index contributed by atoms with van der Waals surface area (Å²) in [7, 11) is 4.19. The third kappa shape index (κ3) is 16.9. The van der Waals surface area contributed by atoms with Crippen molar-refractivity contribution in [2.45, 2.75) is 200 Å². The van der Waals surface area contributed by atoms with E-state index in [9.17, 15) is 58.5 Å². The zero-order chi connectivity index (χ0) is 60.2. The molecule has 7 amide bonds. The van der Waals surface area contributed by atoms with Gasteiger partial charge in [0.25, 0.3) is 5.91 Å². The Morgan fingerprint density at radius 2 is 1.52 bits per heavy atom. The highest BCUT2D eigenvalue weighted by atomic mass is 16.6. The van der Waals surface area contributed by atoms with Crippen LogP contribution < -0.4 is 20.7 Å². The van der Waals surface area contributed by atoms with Gasteiger partial charge in [0.1, 0.15) is 54.2 Å². The van der Waals surface area contributed by atoms with Crippen LogP contribution in [0, 0.1) is 29.6 Å². The lowest BCUT2D eigenvalue weighted by Crippen LogP contribution is -2.62. The van der Waals surface area contributed by atoms with E-state index < -0.39 is 156 Å². The molecule has 0 saturated carbocycles. The first kappa shape index (κ1) is 66.3. The Labute approximate surface area is 470 Å². The second-order valence-electron chi connectivity index (χ2n) is 23.2. The number of nitrogens with zero attached hydrogens (tertiary/aromatic N) is 4. The predicted octanol–water partition coefficient (Wildman–Crippen LogP) is 1.29. The van der Waals surface area contributed by atoms with Crippen LogP contribution in [0.3, 0.4) is 0 Å². The van der Waals surface area contributed by atoms with Crippen LogP contribution in [0.15, 0.2) is 24.3 Å². The molecule has 3 aliphatic rings. The number of likely N-dealkylation sites (N-methyl/N-ethyl adjacent to an activating group) is 2. The van der Waals surface area contributed by atoms with Crippen LogP contribution in [-0.4, -0.2) is 201 Å². The van der Waals surface area contributed by atoms with Gasteiger partial charge in [-0.3, -0.25) is 43.2 Å². The molecule has 0 spiro atoms. The van der Waals surface area contributed by atoms with E-state index in [1.54, 1.807) is 65.8 Å². The molecular formula is C57H89N7O16. The maximum absolute atomic E-state index is 15.0. The van der Waals surface area contributed by atoms with E-state index in [4.69, 9.17) is 14.2 Å².